The van der Waals surface area contributed by atoms with E-state index in [1.807, 2.05) is 6.07 Å². The fourth-order valence-corrected chi connectivity index (χ4v) is 2.13. The minimum absolute atomic E-state index is 0.00736. The molecular formula is C16H16O3. The van der Waals surface area contributed by atoms with Gasteiger partial charge in [-0.05, 0) is 19.4 Å². The molecule has 0 bridgehead atoms. The molecule has 0 saturated carbocycles. The van der Waals surface area contributed by atoms with Crippen LogP contribution in [0.5, 0.6) is 0 Å². The molecule has 3 nitrogen and oxygen atoms in total. The van der Waals surface area contributed by atoms with Crippen molar-refractivity contribution in [3.63, 3.8) is 0 Å². The van der Waals surface area contributed by atoms with Gasteiger partial charge in [0.1, 0.15) is 11.2 Å². The molecule has 0 fully saturated rings. The van der Waals surface area contributed by atoms with Crippen molar-refractivity contribution in [3.05, 3.63) is 60.2 Å². The quantitative estimate of drug-likeness (QED) is 0.846. The van der Waals surface area contributed by atoms with Gasteiger partial charge < -0.3 is 5.11 Å². The second-order valence-electron chi connectivity index (χ2n) is 5.05. The molecule has 1 aromatic rings. The average Bonchev–Trinajstić information content (AvgIpc) is 2.40. The Kier molecular flexibility index (Phi) is 3.14. The Morgan fingerprint density at radius 3 is 1.95 bits per heavy atom. The number of allylic oxidation sites excluding steroid dienone is 2. The number of Topliss-reactive ketones (excluding diaryl/α,β-unsaturated/α-hetero) is 1. The normalized spacial score (nSPS) is 29.2. The van der Waals surface area contributed by atoms with E-state index in [0.29, 0.717) is 5.56 Å². The lowest BCUT2D eigenvalue weighted by Gasteiger charge is -2.31. The Labute approximate surface area is 112 Å². The van der Waals surface area contributed by atoms with Gasteiger partial charge in [-0.3, -0.25) is 9.59 Å². The lowest BCUT2D eigenvalue weighted by molar-refractivity contribution is -0.140. The molecule has 0 amide bonds. The average molecular weight is 256 g/mol. The van der Waals surface area contributed by atoms with Crippen molar-refractivity contribution in [1.29, 1.82) is 0 Å². The molecule has 1 aliphatic rings. The Hall–Kier alpha value is -2.16. The van der Waals surface area contributed by atoms with Crippen LogP contribution in [0.3, 0.4) is 0 Å². The summed E-state index contributed by atoms with van der Waals surface area (Å²) in [6, 6.07) is 9.01. The van der Waals surface area contributed by atoms with Crippen molar-refractivity contribution in [2.45, 2.75) is 19.3 Å². The molecule has 0 aromatic heterocycles. The number of benzene rings is 1. The molecule has 0 heterocycles. The second kappa shape index (κ2) is 4.50. The van der Waals surface area contributed by atoms with Crippen LogP contribution in [0.4, 0.5) is 0 Å². The van der Waals surface area contributed by atoms with E-state index in [1.54, 1.807) is 55.5 Å². The predicted octanol–water partition coefficient (Wildman–Crippen LogP) is 2.73. The highest BCUT2D eigenvalue weighted by Crippen LogP contribution is 2.37. The molecule has 98 valence electrons. The van der Waals surface area contributed by atoms with E-state index in [2.05, 4.69) is 0 Å². The minimum Gasteiger partial charge on any atom is -0.480 e. The van der Waals surface area contributed by atoms with Crippen LogP contribution in [0, 0.1) is 5.41 Å². The lowest BCUT2D eigenvalue weighted by atomic mass is 9.71. The van der Waals surface area contributed by atoms with Gasteiger partial charge in [-0.1, -0.05) is 54.6 Å². The van der Waals surface area contributed by atoms with Gasteiger partial charge in [0.05, 0.1) is 5.41 Å². The zero-order chi connectivity index (χ0) is 14.1. The highest BCUT2D eigenvalue weighted by molar-refractivity contribution is 5.91. The number of hydrogen-bond donors (Lipinski definition) is 1. The number of rotatable bonds is 3. The smallest absolute Gasteiger partial charge is 0.321 e. The molecule has 0 unspecified atom stereocenters. The van der Waals surface area contributed by atoms with E-state index in [1.165, 1.54) is 6.92 Å². The Balaban J connectivity index is 2.51. The van der Waals surface area contributed by atoms with E-state index in [9.17, 15) is 14.7 Å². The van der Waals surface area contributed by atoms with E-state index < -0.39 is 16.8 Å². The molecule has 1 N–H and O–H groups in total. The summed E-state index contributed by atoms with van der Waals surface area (Å²) < 4.78 is 0. The minimum atomic E-state index is -1.18. The van der Waals surface area contributed by atoms with Crippen LogP contribution < -0.4 is 0 Å². The van der Waals surface area contributed by atoms with Crippen LogP contribution in [0.15, 0.2) is 54.6 Å². The Morgan fingerprint density at radius 2 is 1.53 bits per heavy atom. The van der Waals surface area contributed by atoms with Gasteiger partial charge >= 0.3 is 5.97 Å². The summed E-state index contributed by atoms with van der Waals surface area (Å²) in [4.78, 5) is 23.3. The summed E-state index contributed by atoms with van der Waals surface area (Å²) in [6.45, 7) is 3.28. The lowest BCUT2D eigenvalue weighted by Crippen LogP contribution is -2.36. The van der Waals surface area contributed by atoms with Gasteiger partial charge in [0.25, 0.3) is 0 Å². The van der Waals surface area contributed by atoms with E-state index in [0.717, 1.165) is 0 Å². The van der Waals surface area contributed by atoms with Crippen molar-refractivity contribution in [3.8, 4) is 0 Å². The van der Waals surface area contributed by atoms with Crippen molar-refractivity contribution >= 4 is 11.8 Å². The fourth-order valence-electron chi connectivity index (χ4n) is 2.13. The first kappa shape index (κ1) is 13.3. The first-order valence-electron chi connectivity index (χ1n) is 6.11. The highest BCUT2D eigenvalue weighted by Gasteiger charge is 2.40. The summed E-state index contributed by atoms with van der Waals surface area (Å²) >= 11 is 0. The third-order valence-corrected chi connectivity index (χ3v) is 3.75. The van der Waals surface area contributed by atoms with E-state index >= 15 is 0 Å². The first-order chi connectivity index (χ1) is 8.91. The number of ketones is 1. The third kappa shape index (κ3) is 2.12. The zero-order valence-corrected chi connectivity index (χ0v) is 11.0. The fraction of sp³-hybridized carbons (Fsp3) is 0.250. The van der Waals surface area contributed by atoms with Crippen LogP contribution in [0.25, 0.3) is 0 Å². The number of carbonyl (C=O) groups excluding carboxylic acids is 1. The maximum absolute atomic E-state index is 11.7. The van der Waals surface area contributed by atoms with Gasteiger partial charge in [0, 0.05) is 0 Å². The van der Waals surface area contributed by atoms with Crippen molar-refractivity contribution in [1.82, 2.24) is 0 Å². The molecule has 0 saturated heterocycles. The van der Waals surface area contributed by atoms with Gasteiger partial charge in [-0.25, -0.2) is 0 Å². The van der Waals surface area contributed by atoms with Crippen LogP contribution >= 0.6 is 0 Å². The van der Waals surface area contributed by atoms with Gasteiger partial charge in [0.2, 0.25) is 0 Å². The van der Waals surface area contributed by atoms with Gasteiger partial charge in [0.15, 0.2) is 0 Å². The van der Waals surface area contributed by atoms with Crippen molar-refractivity contribution in [2.24, 2.45) is 5.41 Å². The number of aliphatic carboxylic acids is 1. The molecule has 0 aliphatic heterocycles. The molecule has 0 radical (unpaired) electrons. The monoisotopic (exact) mass is 256 g/mol. The van der Waals surface area contributed by atoms with Crippen LogP contribution in [0.2, 0.25) is 0 Å². The molecule has 0 spiro atoms. The molecule has 3 heteroatoms. The Bertz CT molecular complexity index is 553. The standard InChI is InChI=1S/C16H16O3/c1-12(17)15(2)8-10-16(11-9-15,14(18)19)13-6-4-3-5-7-13/h3-11H,1-2H3,(H,18,19). The number of carbonyl (C=O) groups is 2. The largest absolute Gasteiger partial charge is 0.480 e. The molecule has 19 heavy (non-hydrogen) atoms. The van der Waals surface area contributed by atoms with Crippen molar-refractivity contribution < 1.29 is 14.7 Å². The summed E-state index contributed by atoms with van der Waals surface area (Å²) in [7, 11) is 0. The molecule has 2 rings (SSSR count). The predicted molar refractivity (Wildman–Crippen MR) is 72.8 cm³/mol. The number of carboxylic acid groups (broad SMARTS) is 1. The maximum atomic E-state index is 11.7. The second-order valence-corrected chi connectivity index (χ2v) is 5.05. The topological polar surface area (TPSA) is 54.4 Å². The summed E-state index contributed by atoms with van der Waals surface area (Å²) in [5.74, 6) is -0.955. The third-order valence-electron chi connectivity index (χ3n) is 3.75. The summed E-state index contributed by atoms with van der Waals surface area (Å²) in [6.07, 6.45) is 6.56. The van der Waals surface area contributed by atoms with E-state index in [-0.39, 0.29) is 5.78 Å². The summed E-state index contributed by atoms with van der Waals surface area (Å²) in [5.41, 5.74) is -1.22. The maximum Gasteiger partial charge on any atom is 0.321 e. The number of carboxylic acids is 1. The molecule has 1 aliphatic carbocycles. The van der Waals surface area contributed by atoms with Gasteiger partial charge in [-0.2, -0.15) is 0 Å². The van der Waals surface area contributed by atoms with Crippen molar-refractivity contribution in [2.75, 3.05) is 0 Å². The van der Waals surface area contributed by atoms with Crippen LogP contribution in [0.1, 0.15) is 19.4 Å². The Morgan fingerprint density at radius 1 is 1.00 bits per heavy atom. The molecule has 0 atom stereocenters. The molecular weight excluding hydrogens is 240 g/mol. The SMILES string of the molecule is CC(=O)C1(C)C=CC(C(=O)O)(c2ccccc2)C=C1. The highest BCUT2D eigenvalue weighted by atomic mass is 16.4. The van der Waals surface area contributed by atoms with E-state index in [4.69, 9.17) is 0 Å². The first-order valence-corrected chi connectivity index (χ1v) is 6.11. The molecule has 1 aromatic carbocycles. The van der Waals surface area contributed by atoms with Gasteiger partial charge in [-0.15, -0.1) is 0 Å². The van der Waals surface area contributed by atoms with Crippen LogP contribution in [-0.2, 0) is 15.0 Å². The zero-order valence-electron chi connectivity index (χ0n) is 11.0. The van der Waals surface area contributed by atoms with Crippen LogP contribution in [-0.4, -0.2) is 16.9 Å². The number of hydrogen-bond acceptors (Lipinski definition) is 2. The summed E-state index contributed by atoms with van der Waals surface area (Å²) in [5, 5.41) is 9.56.